The molecule has 1 aliphatic heterocycles. The minimum atomic E-state index is -0.833. The second-order valence-electron chi connectivity index (χ2n) is 6.72. The monoisotopic (exact) mass is 455 g/mol. The van der Waals surface area contributed by atoms with Crippen LogP contribution >= 0.6 is 11.8 Å². The zero-order chi connectivity index (χ0) is 23.1. The smallest absolute Gasteiger partial charge is 0.328 e. The number of hydrogen-bond donors (Lipinski definition) is 3. The summed E-state index contributed by atoms with van der Waals surface area (Å²) in [7, 11) is 1.25. The summed E-state index contributed by atoms with van der Waals surface area (Å²) in [6.07, 6.45) is 1.88. The van der Waals surface area contributed by atoms with Crippen LogP contribution in [0.2, 0.25) is 0 Å². The molecule has 3 amide bonds. The molecule has 2 aromatic carbocycles. The largest absolute Gasteiger partial charge is 0.467 e. The fraction of sp³-hybridized carbons (Fsp3) is 0.182. The van der Waals surface area contributed by atoms with Crippen molar-refractivity contribution in [1.82, 2.24) is 10.6 Å². The SMILES string of the molecule is COC(=O)C(Cc1ccc(Oc2ccc(/C=C3/SC(=O)NC3=O)cc2)cc1)NC(=O)CN. The topological polar surface area (TPSA) is 137 Å². The van der Waals surface area contributed by atoms with Gasteiger partial charge in [-0.3, -0.25) is 19.7 Å². The van der Waals surface area contributed by atoms with Crippen molar-refractivity contribution in [3.63, 3.8) is 0 Å². The van der Waals surface area contributed by atoms with Gasteiger partial charge in [-0.1, -0.05) is 24.3 Å². The number of esters is 1. The van der Waals surface area contributed by atoms with Crippen LogP contribution in [0.5, 0.6) is 11.5 Å². The van der Waals surface area contributed by atoms with Crippen molar-refractivity contribution >= 4 is 40.9 Å². The molecule has 2 aromatic rings. The van der Waals surface area contributed by atoms with Gasteiger partial charge < -0.3 is 20.5 Å². The Morgan fingerprint density at radius 2 is 1.72 bits per heavy atom. The molecule has 9 nitrogen and oxygen atoms in total. The van der Waals surface area contributed by atoms with Crippen molar-refractivity contribution in [3.05, 3.63) is 64.6 Å². The molecule has 1 fully saturated rings. The highest BCUT2D eigenvalue weighted by Crippen LogP contribution is 2.27. The van der Waals surface area contributed by atoms with Gasteiger partial charge in [0.2, 0.25) is 5.91 Å². The molecule has 0 spiro atoms. The number of nitrogens with two attached hydrogens (primary N) is 1. The van der Waals surface area contributed by atoms with E-state index in [2.05, 4.69) is 10.6 Å². The van der Waals surface area contributed by atoms with Crippen LogP contribution in [0, 0.1) is 0 Å². The number of carbonyl (C=O) groups is 4. The minimum absolute atomic E-state index is 0.222. The molecule has 1 atom stereocenters. The lowest BCUT2D eigenvalue weighted by Crippen LogP contribution is -2.45. The normalized spacial score (nSPS) is 15.2. The fourth-order valence-electron chi connectivity index (χ4n) is 2.86. The molecule has 1 heterocycles. The summed E-state index contributed by atoms with van der Waals surface area (Å²) >= 11 is 0.860. The lowest BCUT2D eigenvalue weighted by Gasteiger charge is -2.16. The summed E-state index contributed by atoms with van der Waals surface area (Å²) in [5.74, 6) is -0.241. The highest BCUT2D eigenvalue weighted by atomic mass is 32.2. The van der Waals surface area contributed by atoms with E-state index in [1.54, 1.807) is 54.6 Å². The molecule has 0 aromatic heterocycles. The minimum Gasteiger partial charge on any atom is -0.467 e. The molecule has 0 saturated carbocycles. The molecule has 4 N–H and O–H groups in total. The Hall–Kier alpha value is -3.63. The first kappa shape index (κ1) is 23.0. The van der Waals surface area contributed by atoms with E-state index in [0.717, 1.165) is 22.9 Å². The van der Waals surface area contributed by atoms with Gasteiger partial charge in [-0.25, -0.2) is 4.79 Å². The maximum absolute atomic E-state index is 11.9. The van der Waals surface area contributed by atoms with E-state index < -0.39 is 23.8 Å². The van der Waals surface area contributed by atoms with Gasteiger partial charge >= 0.3 is 5.97 Å². The van der Waals surface area contributed by atoms with Crippen LogP contribution < -0.4 is 21.1 Å². The predicted molar refractivity (Wildman–Crippen MR) is 119 cm³/mol. The maximum Gasteiger partial charge on any atom is 0.328 e. The van der Waals surface area contributed by atoms with E-state index in [1.165, 1.54) is 7.11 Å². The van der Waals surface area contributed by atoms with E-state index in [9.17, 15) is 19.2 Å². The Kier molecular flexibility index (Phi) is 7.63. The predicted octanol–water partition coefficient (Wildman–Crippen LogP) is 1.96. The van der Waals surface area contributed by atoms with Crippen LogP contribution in [-0.4, -0.2) is 42.7 Å². The lowest BCUT2D eigenvalue weighted by molar-refractivity contribution is -0.144. The van der Waals surface area contributed by atoms with Crippen molar-refractivity contribution < 1.29 is 28.7 Å². The molecule has 1 unspecified atom stereocenters. The maximum atomic E-state index is 11.9. The second kappa shape index (κ2) is 10.6. The zero-order valence-corrected chi connectivity index (χ0v) is 17.9. The van der Waals surface area contributed by atoms with Crippen molar-refractivity contribution in [2.45, 2.75) is 12.5 Å². The molecule has 0 bridgehead atoms. The van der Waals surface area contributed by atoms with E-state index in [0.29, 0.717) is 16.4 Å². The second-order valence-corrected chi connectivity index (χ2v) is 7.73. The number of hydrogen-bond acceptors (Lipinski definition) is 8. The molecule has 10 heteroatoms. The number of methoxy groups -OCH3 is 1. The highest BCUT2D eigenvalue weighted by Gasteiger charge is 2.25. The van der Waals surface area contributed by atoms with Crippen LogP contribution in [0.15, 0.2) is 53.4 Å². The molecular weight excluding hydrogens is 434 g/mol. The Labute approximate surface area is 188 Å². The molecule has 0 radical (unpaired) electrons. The Balaban J connectivity index is 1.62. The summed E-state index contributed by atoms with van der Waals surface area (Å²) in [6.45, 7) is -0.222. The third-order valence-electron chi connectivity index (χ3n) is 4.43. The van der Waals surface area contributed by atoms with Gasteiger partial charge in [0.05, 0.1) is 18.6 Å². The number of nitrogens with one attached hydrogen (secondary N) is 2. The van der Waals surface area contributed by atoms with Crippen LogP contribution in [0.4, 0.5) is 4.79 Å². The molecule has 3 rings (SSSR count). The van der Waals surface area contributed by atoms with Crippen LogP contribution in [-0.2, 0) is 25.5 Å². The Bertz CT molecular complexity index is 1050. The van der Waals surface area contributed by atoms with Gasteiger partial charge in [0, 0.05) is 6.42 Å². The number of imide groups is 1. The van der Waals surface area contributed by atoms with Crippen LogP contribution in [0.25, 0.3) is 6.08 Å². The average molecular weight is 455 g/mol. The van der Waals surface area contributed by atoms with Gasteiger partial charge in [0.25, 0.3) is 11.1 Å². The van der Waals surface area contributed by atoms with E-state index in [4.69, 9.17) is 15.2 Å². The van der Waals surface area contributed by atoms with Crippen molar-refractivity contribution in [1.29, 1.82) is 0 Å². The molecular formula is C22H21N3O6S. The third kappa shape index (κ3) is 6.19. The summed E-state index contributed by atoms with van der Waals surface area (Å²) in [5.41, 5.74) is 6.85. The highest BCUT2D eigenvalue weighted by molar-refractivity contribution is 8.18. The number of thioether (sulfide) groups is 1. The first-order chi connectivity index (χ1) is 15.4. The average Bonchev–Trinajstić information content (AvgIpc) is 3.11. The number of ether oxygens (including phenoxy) is 2. The van der Waals surface area contributed by atoms with Crippen LogP contribution in [0.3, 0.4) is 0 Å². The first-order valence-electron chi connectivity index (χ1n) is 9.57. The lowest BCUT2D eigenvalue weighted by atomic mass is 10.1. The summed E-state index contributed by atoms with van der Waals surface area (Å²) in [5, 5.41) is 4.36. The number of benzene rings is 2. The summed E-state index contributed by atoms with van der Waals surface area (Å²) in [4.78, 5) is 46.6. The molecule has 0 aliphatic carbocycles. The standard InChI is InChI=1S/C22H21N3O6S/c1-30-21(28)17(24-19(26)12-23)10-13-2-6-15(7-3-13)31-16-8-4-14(5-9-16)11-18-20(27)25-22(29)32-18/h2-9,11,17H,10,12,23H2,1H3,(H,24,26)(H,25,27,29)/b18-11+. The number of rotatable bonds is 8. The van der Waals surface area contributed by atoms with Crippen molar-refractivity contribution in [2.24, 2.45) is 5.73 Å². The molecule has 32 heavy (non-hydrogen) atoms. The van der Waals surface area contributed by atoms with Crippen LogP contribution in [0.1, 0.15) is 11.1 Å². The van der Waals surface area contributed by atoms with Gasteiger partial charge in [-0.15, -0.1) is 0 Å². The van der Waals surface area contributed by atoms with Crippen molar-refractivity contribution in [3.8, 4) is 11.5 Å². The van der Waals surface area contributed by atoms with Crippen molar-refractivity contribution in [2.75, 3.05) is 13.7 Å². The molecule has 1 aliphatic rings. The van der Waals surface area contributed by atoms with E-state index >= 15 is 0 Å². The molecule has 166 valence electrons. The zero-order valence-electron chi connectivity index (χ0n) is 17.1. The molecule has 1 saturated heterocycles. The fourth-order valence-corrected chi connectivity index (χ4v) is 3.54. The van der Waals surface area contributed by atoms with E-state index in [-0.39, 0.29) is 18.2 Å². The Morgan fingerprint density at radius 1 is 1.09 bits per heavy atom. The first-order valence-corrected chi connectivity index (χ1v) is 10.4. The van der Waals surface area contributed by atoms with Gasteiger partial charge in [0.1, 0.15) is 17.5 Å². The van der Waals surface area contributed by atoms with E-state index in [1.807, 2.05) is 0 Å². The Morgan fingerprint density at radius 3 is 2.25 bits per heavy atom. The van der Waals surface area contributed by atoms with Gasteiger partial charge in [-0.05, 0) is 53.2 Å². The van der Waals surface area contributed by atoms with Gasteiger partial charge in [0.15, 0.2) is 0 Å². The number of carbonyl (C=O) groups excluding carboxylic acids is 4. The third-order valence-corrected chi connectivity index (χ3v) is 5.24. The summed E-state index contributed by atoms with van der Waals surface area (Å²) in [6, 6.07) is 13.3. The van der Waals surface area contributed by atoms with Gasteiger partial charge in [-0.2, -0.15) is 0 Å². The number of amides is 3. The summed E-state index contributed by atoms with van der Waals surface area (Å²) < 4.78 is 10.5. The quantitative estimate of drug-likeness (QED) is 0.406.